The van der Waals surface area contributed by atoms with Crippen molar-refractivity contribution < 1.29 is 26.6 Å². The lowest BCUT2D eigenvalue weighted by Gasteiger charge is -2.31. The van der Waals surface area contributed by atoms with Crippen LogP contribution in [0, 0.1) is 0 Å². The Morgan fingerprint density at radius 2 is 0.900 bits per heavy atom. The van der Waals surface area contributed by atoms with Crippen LogP contribution in [0.5, 0.6) is 0 Å². The van der Waals surface area contributed by atoms with Gasteiger partial charge in [-0.3, -0.25) is 0 Å². The lowest BCUT2D eigenvalue weighted by atomic mass is 10.4. The van der Waals surface area contributed by atoms with Gasteiger partial charge in [0.25, 0.3) is 0 Å². The fraction of sp³-hybridized carbons (Fsp3) is 0.947. The summed E-state index contributed by atoms with van der Waals surface area (Å²) < 4.78 is 36.2. The van der Waals surface area contributed by atoms with Gasteiger partial charge in [-0.25, -0.2) is 0 Å². The van der Waals surface area contributed by atoms with Crippen LogP contribution >= 0.6 is 24.8 Å². The smallest absolute Gasteiger partial charge is 0.374 e. The van der Waals surface area contributed by atoms with Crippen LogP contribution in [0.25, 0.3) is 0 Å². The molecule has 0 fully saturated rings. The highest BCUT2D eigenvalue weighted by Gasteiger charge is 2.41. The van der Waals surface area contributed by atoms with E-state index in [1.165, 1.54) is 0 Å². The van der Waals surface area contributed by atoms with Gasteiger partial charge in [-0.2, -0.15) is 0 Å². The molecule has 0 aliphatic heterocycles. The topological polar surface area (TPSA) is 58.6 Å². The van der Waals surface area contributed by atoms with Crippen LogP contribution in [-0.2, 0) is 26.6 Å². The lowest BCUT2D eigenvalue weighted by Crippen LogP contribution is -2.47. The van der Waals surface area contributed by atoms with E-state index in [4.69, 9.17) is 38.8 Å². The molecule has 0 aliphatic rings. The Morgan fingerprint density at radius 1 is 0.633 bits per heavy atom. The molecular formula is C19H43NO6S2Si2. The average Bonchev–Trinajstić information content (AvgIpc) is 2.68. The summed E-state index contributed by atoms with van der Waals surface area (Å²) in [5.74, 6) is 0. The summed E-state index contributed by atoms with van der Waals surface area (Å²) in [6.07, 6.45) is 1.72. The van der Waals surface area contributed by atoms with E-state index in [1.54, 1.807) is 0 Å². The zero-order chi connectivity index (χ0) is 22.9. The molecule has 0 saturated carbocycles. The number of hydrogen-bond donors (Lipinski definition) is 1. The second-order valence-corrected chi connectivity index (χ2v) is 13.0. The zero-order valence-electron chi connectivity index (χ0n) is 19.7. The van der Waals surface area contributed by atoms with Crippen LogP contribution in [0.1, 0.15) is 54.4 Å². The van der Waals surface area contributed by atoms with E-state index < -0.39 is 17.6 Å². The Bertz CT molecular complexity index is 385. The first-order chi connectivity index (χ1) is 14.4. The molecular weight excluding hydrogens is 459 g/mol. The zero-order valence-corrected chi connectivity index (χ0v) is 23.4. The van der Waals surface area contributed by atoms with E-state index in [-0.39, 0.29) is 0 Å². The SMILES string of the molecule is CCO[Si](CCCN(CCC[Si](OCC)(OCC)OCC)C(=S)S)(OCC)OCC. The molecule has 0 spiro atoms. The van der Waals surface area contributed by atoms with Gasteiger partial charge >= 0.3 is 17.6 Å². The van der Waals surface area contributed by atoms with Gasteiger partial charge in [-0.15, -0.1) is 12.6 Å². The summed E-state index contributed by atoms with van der Waals surface area (Å²) in [4.78, 5) is 2.10. The summed E-state index contributed by atoms with van der Waals surface area (Å²) >= 11 is 9.79. The molecule has 0 radical (unpaired) electrons. The fourth-order valence-electron chi connectivity index (χ4n) is 3.28. The standard InChI is InChI=1S/C19H43NO6S2Si2/c1-7-21-29(22-8-2,23-9-3)17-13-15-20(19(27)28)16-14-18-30(24-10-4,25-11-5)26-12-6/h7-18H2,1-6H3,(H,27,28). The molecule has 7 nitrogen and oxygen atoms in total. The minimum atomic E-state index is -2.64. The molecule has 0 atom stereocenters. The normalized spacial score (nSPS) is 12.4. The van der Waals surface area contributed by atoms with Crippen LogP contribution in [0.15, 0.2) is 0 Å². The molecule has 0 amide bonds. The van der Waals surface area contributed by atoms with Gasteiger partial charge in [0.1, 0.15) is 4.32 Å². The van der Waals surface area contributed by atoms with Crippen LogP contribution in [0.3, 0.4) is 0 Å². The van der Waals surface area contributed by atoms with E-state index in [1.807, 2.05) is 41.5 Å². The van der Waals surface area contributed by atoms with Crippen molar-refractivity contribution >= 4 is 46.8 Å². The molecule has 0 aromatic heterocycles. The van der Waals surface area contributed by atoms with Gasteiger partial charge in [0.15, 0.2) is 0 Å². The van der Waals surface area contributed by atoms with Crippen LogP contribution in [-0.4, -0.2) is 79.6 Å². The Balaban J connectivity index is 4.84. The molecule has 0 heterocycles. The number of rotatable bonds is 20. The molecule has 0 aliphatic carbocycles. The van der Waals surface area contributed by atoms with Gasteiger partial charge in [0.2, 0.25) is 0 Å². The van der Waals surface area contributed by atoms with Crippen LogP contribution < -0.4 is 0 Å². The summed E-state index contributed by atoms with van der Waals surface area (Å²) in [5, 5.41) is 0. The highest BCUT2D eigenvalue weighted by Crippen LogP contribution is 2.21. The van der Waals surface area contributed by atoms with Gasteiger partial charge in [-0.1, -0.05) is 12.2 Å². The third kappa shape index (κ3) is 11.9. The van der Waals surface area contributed by atoms with Crippen molar-refractivity contribution in [2.75, 3.05) is 52.7 Å². The number of thiol groups is 1. The molecule has 0 unspecified atom stereocenters. The average molecular weight is 502 g/mol. The largest absolute Gasteiger partial charge is 0.500 e. The Kier molecular flexibility index (Phi) is 18.2. The quantitative estimate of drug-likeness (QED) is 0.150. The maximum atomic E-state index is 5.94. The molecule has 0 aromatic carbocycles. The van der Waals surface area contributed by atoms with Crippen molar-refractivity contribution in [2.45, 2.75) is 66.5 Å². The summed E-state index contributed by atoms with van der Waals surface area (Å²) in [7, 11) is -5.28. The molecule has 0 aromatic rings. The highest BCUT2D eigenvalue weighted by molar-refractivity contribution is 8.10. The fourth-order valence-corrected chi connectivity index (χ4v) is 8.85. The van der Waals surface area contributed by atoms with E-state index in [0.29, 0.717) is 44.0 Å². The Labute approximate surface area is 197 Å². The Hall–Kier alpha value is 0.434. The molecule has 11 heteroatoms. The molecule has 180 valence electrons. The van der Waals surface area contributed by atoms with E-state index in [9.17, 15) is 0 Å². The second kappa shape index (κ2) is 17.9. The van der Waals surface area contributed by atoms with Crippen molar-refractivity contribution in [2.24, 2.45) is 0 Å². The molecule has 30 heavy (non-hydrogen) atoms. The van der Waals surface area contributed by atoms with Crippen molar-refractivity contribution in [3.05, 3.63) is 0 Å². The van der Waals surface area contributed by atoms with E-state index in [2.05, 4.69) is 17.5 Å². The van der Waals surface area contributed by atoms with Gasteiger partial charge in [-0.05, 0) is 54.4 Å². The maximum absolute atomic E-state index is 5.94. The Morgan fingerprint density at radius 3 is 1.10 bits per heavy atom. The molecule has 0 bridgehead atoms. The first kappa shape index (κ1) is 30.4. The first-order valence-electron chi connectivity index (χ1n) is 11.2. The predicted molar refractivity (Wildman–Crippen MR) is 133 cm³/mol. The summed E-state index contributed by atoms with van der Waals surface area (Å²) in [5.41, 5.74) is 0. The second-order valence-electron chi connectivity index (χ2n) is 6.44. The minimum Gasteiger partial charge on any atom is -0.374 e. The van der Waals surface area contributed by atoms with Gasteiger partial charge in [0.05, 0.1) is 0 Å². The predicted octanol–water partition coefficient (Wildman–Crippen LogP) is 4.38. The third-order valence-electron chi connectivity index (χ3n) is 4.28. The van der Waals surface area contributed by atoms with Gasteiger partial charge < -0.3 is 31.5 Å². The number of thiocarbonyl (C=S) groups is 1. The number of nitrogens with zero attached hydrogens (tertiary/aromatic N) is 1. The molecule has 0 rings (SSSR count). The van der Waals surface area contributed by atoms with Crippen molar-refractivity contribution in [3.8, 4) is 0 Å². The first-order valence-corrected chi connectivity index (χ1v) is 15.9. The number of hydrogen-bond acceptors (Lipinski definition) is 7. The summed E-state index contributed by atoms with van der Waals surface area (Å²) in [6, 6.07) is 1.51. The molecule has 0 N–H and O–H groups in total. The monoisotopic (exact) mass is 501 g/mol. The van der Waals surface area contributed by atoms with Crippen molar-refractivity contribution in [1.82, 2.24) is 4.90 Å². The van der Waals surface area contributed by atoms with Gasteiger partial charge in [0, 0.05) is 64.8 Å². The van der Waals surface area contributed by atoms with Crippen LogP contribution in [0.4, 0.5) is 0 Å². The maximum Gasteiger partial charge on any atom is 0.500 e. The summed E-state index contributed by atoms with van der Waals surface area (Å²) in [6.45, 7) is 16.9. The lowest BCUT2D eigenvalue weighted by molar-refractivity contribution is 0.0703. The molecule has 0 saturated heterocycles. The highest BCUT2D eigenvalue weighted by atomic mass is 32.1. The third-order valence-corrected chi connectivity index (χ3v) is 11.1. The van der Waals surface area contributed by atoms with E-state index in [0.717, 1.165) is 38.0 Å². The van der Waals surface area contributed by atoms with Crippen LogP contribution in [0.2, 0.25) is 12.1 Å². The minimum absolute atomic E-state index is 0.583. The van der Waals surface area contributed by atoms with Crippen molar-refractivity contribution in [1.29, 1.82) is 0 Å². The van der Waals surface area contributed by atoms with Crippen molar-refractivity contribution in [3.63, 3.8) is 0 Å². The van der Waals surface area contributed by atoms with E-state index >= 15 is 0 Å².